The lowest BCUT2D eigenvalue weighted by molar-refractivity contribution is 0.365. The number of rotatable bonds is 7. The molecule has 0 aliphatic heterocycles. The monoisotopic (exact) mass is 444 g/mol. The Morgan fingerprint density at radius 3 is 2.35 bits per heavy atom. The van der Waals surface area contributed by atoms with E-state index in [-0.39, 0.29) is 11.7 Å². The van der Waals surface area contributed by atoms with Gasteiger partial charge in [-0.15, -0.1) is 0 Å². The summed E-state index contributed by atoms with van der Waals surface area (Å²) in [6, 6.07) is 11.7. The fourth-order valence-electron chi connectivity index (χ4n) is 5.25. The number of hydrogen-bond donors (Lipinski definition) is 0. The number of aryl methyl sites for hydroxylation is 1. The van der Waals surface area contributed by atoms with Crippen molar-refractivity contribution in [2.24, 2.45) is 5.92 Å². The third-order valence-electron chi connectivity index (χ3n) is 6.77. The zero-order valence-electron chi connectivity index (χ0n) is 17.9. The predicted molar refractivity (Wildman–Crippen MR) is 122 cm³/mol. The lowest BCUT2D eigenvalue weighted by atomic mass is 9.69. The van der Waals surface area contributed by atoms with Crippen LogP contribution in [0.25, 0.3) is 10.8 Å². The second-order valence-corrected chi connectivity index (χ2v) is 9.12. The molecule has 0 saturated carbocycles. The molecule has 0 amide bonds. The quantitative estimate of drug-likeness (QED) is 0.252. The Morgan fingerprint density at radius 1 is 0.871 bits per heavy atom. The molecule has 1 aliphatic rings. The van der Waals surface area contributed by atoms with Crippen molar-refractivity contribution >= 4 is 22.4 Å². The Kier molecular flexibility index (Phi) is 6.91. The Labute approximate surface area is 187 Å². The summed E-state index contributed by atoms with van der Waals surface area (Å²) >= 11 is 5.76. The summed E-state index contributed by atoms with van der Waals surface area (Å²) in [5.41, 5.74) is 2.78. The molecule has 0 N–H and O–H groups in total. The van der Waals surface area contributed by atoms with E-state index in [1.165, 1.54) is 43.9 Å². The number of hydrogen-bond acceptors (Lipinski definition) is 0. The zero-order chi connectivity index (χ0) is 22.0. The van der Waals surface area contributed by atoms with Crippen LogP contribution in [-0.2, 0) is 6.42 Å². The van der Waals surface area contributed by atoms with Crippen LogP contribution in [0.5, 0.6) is 0 Å². The average molecular weight is 445 g/mol. The minimum absolute atomic E-state index is 0.121. The van der Waals surface area contributed by atoms with Gasteiger partial charge in [0.15, 0.2) is 0 Å². The lowest BCUT2D eigenvalue weighted by Crippen LogP contribution is -2.22. The SMILES string of the molecule is CCCCCCC[C@@H]1CCc2c(ccc3c(F)cccc23)[C@H]1c1cc(F)c(Cl)c(F)c1. The lowest BCUT2D eigenvalue weighted by Gasteiger charge is -2.35. The summed E-state index contributed by atoms with van der Waals surface area (Å²) in [5.74, 6) is -1.52. The van der Waals surface area contributed by atoms with Crippen molar-refractivity contribution in [2.75, 3.05) is 0 Å². The first-order valence-corrected chi connectivity index (χ1v) is 11.7. The molecule has 0 bridgehead atoms. The van der Waals surface area contributed by atoms with Crippen LogP contribution in [0.1, 0.15) is 74.5 Å². The van der Waals surface area contributed by atoms with Crippen LogP contribution >= 0.6 is 11.6 Å². The van der Waals surface area contributed by atoms with E-state index in [9.17, 15) is 13.2 Å². The molecule has 0 spiro atoms. The topological polar surface area (TPSA) is 0 Å². The highest BCUT2D eigenvalue weighted by Crippen LogP contribution is 2.46. The smallest absolute Gasteiger partial charge is 0.145 e. The summed E-state index contributed by atoms with van der Waals surface area (Å²) in [6.07, 6.45) is 8.74. The van der Waals surface area contributed by atoms with Gasteiger partial charge in [0.05, 0.1) is 0 Å². The summed E-state index contributed by atoms with van der Waals surface area (Å²) < 4.78 is 43.1. The molecule has 0 nitrogen and oxygen atoms in total. The van der Waals surface area contributed by atoms with E-state index in [2.05, 4.69) is 6.92 Å². The average Bonchev–Trinajstić information content (AvgIpc) is 2.76. The largest absolute Gasteiger partial charge is 0.206 e. The molecule has 2 atom stereocenters. The van der Waals surface area contributed by atoms with Crippen LogP contribution in [0, 0.1) is 23.4 Å². The van der Waals surface area contributed by atoms with Gasteiger partial charge in [0, 0.05) is 11.3 Å². The molecule has 3 aromatic carbocycles. The fraction of sp³-hybridized carbons (Fsp3) is 0.407. The maximum Gasteiger partial charge on any atom is 0.145 e. The molecular formula is C27H28ClF3. The van der Waals surface area contributed by atoms with Crippen LogP contribution in [0.15, 0.2) is 42.5 Å². The van der Waals surface area contributed by atoms with Gasteiger partial charge >= 0.3 is 0 Å². The number of fused-ring (bicyclic) bond motifs is 3. The minimum Gasteiger partial charge on any atom is -0.206 e. The van der Waals surface area contributed by atoms with Gasteiger partial charge in [-0.2, -0.15) is 0 Å². The van der Waals surface area contributed by atoms with E-state index in [0.29, 0.717) is 16.9 Å². The van der Waals surface area contributed by atoms with Crippen molar-refractivity contribution in [3.8, 4) is 0 Å². The van der Waals surface area contributed by atoms with E-state index in [0.717, 1.165) is 42.2 Å². The van der Waals surface area contributed by atoms with Crippen molar-refractivity contribution in [1.29, 1.82) is 0 Å². The van der Waals surface area contributed by atoms with Crippen LogP contribution in [0.2, 0.25) is 5.02 Å². The Bertz CT molecular complexity index is 1050. The standard InChI is InChI=1S/C27H28ClF3/c1-2-3-4-5-6-8-17-11-12-20-19-9-7-10-23(29)21(19)13-14-22(20)26(17)18-15-24(30)27(28)25(31)16-18/h7,9-10,13-17,26H,2-6,8,11-12H2,1H3/t17-,26-/m1/s1. The molecule has 3 aromatic rings. The fourth-order valence-corrected chi connectivity index (χ4v) is 5.36. The van der Waals surface area contributed by atoms with Crippen LogP contribution in [0.3, 0.4) is 0 Å². The zero-order valence-corrected chi connectivity index (χ0v) is 18.6. The van der Waals surface area contributed by atoms with Crippen molar-refractivity contribution in [3.63, 3.8) is 0 Å². The molecule has 4 heteroatoms. The van der Waals surface area contributed by atoms with Crippen molar-refractivity contribution in [3.05, 3.63) is 81.6 Å². The molecule has 4 rings (SSSR count). The van der Waals surface area contributed by atoms with Gasteiger partial charge in [-0.1, -0.05) is 74.9 Å². The van der Waals surface area contributed by atoms with E-state index in [1.54, 1.807) is 6.07 Å². The molecule has 164 valence electrons. The first-order chi connectivity index (χ1) is 15.0. The van der Waals surface area contributed by atoms with Crippen LogP contribution in [-0.4, -0.2) is 0 Å². The summed E-state index contributed by atoms with van der Waals surface area (Å²) in [6.45, 7) is 2.20. The maximum atomic E-state index is 14.4. The molecule has 0 heterocycles. The minimum atomic E-state index is -0.725. The summed E-state index contributed by atoms with van der Waals surface area (Å²) in [4.78, 5) is 0. The van der Waals surface area contributed by atoms with E-state index >= 15 is 0 Å². The molecule has 0 radical (unpaired) electrons. The van der Waals surface area contributed by atoms with E-state index in [4.69, 9.17) is 11.6 Å². The first kappa shape index (κ1) is 22.2. The normalized spacial score (nSPS) is 18.4. The highest BCUT2D eigenvalue weighted by Gasteiger charge is 2.32. The first-order valence-electron chi connectivity index (χ1n) is 11.4. The van der Waals surface area contributed by atoms with Gasteiger partial charge < -0.3 is 0 Å². The van der Waals surface area contributed by atoms with E-state index in [1.807, 2.05) is 18.2 Å². The molecule has 0 unspecified atom stereocenters. The second-order valence-electron chi connectivity index (χ2n) is 8.75. The maximum absolute atomic E-state index is 14.4. The highest BCUT2D eigenvalue weighted by molar-refractivity contribution is 6.30. The Balaban J connectivity index is 1.76. The van der Waals surface area contributed by atoms with Crippen LogP contribution in [0.4, 0.5) is 13.2 Å². The number of benzene rings is 3. The molecular weight excluding hydrogens is 417 g/mol. The molecule has 31 heavy (non-hydrogen) atoms. The van der Waals surface area contributed by atoms with Crippen molar-refractivity contribution in [1.82, 2.24) is 0 Å². The van der Waals surface area contributed by atoms with Crippen molar-refractivity contribution in [2.45, 2.75) is 64.2 Å². The van der Waals surface area contributed by atoms with Crippen molar-refractivity contribution < 1.29 is 13.2 Å². The molecule has 0 aromatic heterocycles. The molecule has 0 fully saturated rings. The van der Waals surface area contributed by atoms with Gasteiger partial charge in [-0.25, -0.2) is 13.2 Å². The van der Waals surface area contributed by atoms with Gasteiger partial charge in [-0.05, 0) is 65.5 Å². The van der Waals surface area contributed by atoms with Gasteiger partial charge in [0.2, 0.25) is 0 Å². The summed E-state index contributed by atoms with van der Waals surface area (Å²) in [7, 11) is 0. The van der Waals surface area contributed by atoms with E-state index < -0.39 is 16.7 Å². The predicted octanol–water partition coefficient (Wildman–Crippen LogP) is 8.97. The third-order valence-corrected chi connectivity index (χ3v) is 7.13. The Morgan fingerprint density at radius 2 is 1.61 bits per heavy atom. The van der Waals surface area contributed by atoms with Crippen LogP contribution < -0.4 is 0 Å². The summed E-state index contributed by atoms with van der Waals surface area (Å²) in [5, 5.41) is 1.04. The molecule has 0 saturated heterocycles. The van der Waals surface area contributed by atoms with Gasteiger partial charge in [-0.3, -0.25) is 0 Å². The van der Waals surface area contributed by atoms with Gasteiger partial charge in [0.1, 0.15) is 22.5 Å². The third kappa shape index (κ3) is 4.48. The molecule has 1 aliphatic carbocycles. The number of unbranched alkanes of at least 4 members (excludes halogenated alkanes) is 4. The van der Waals surface area contributed by atoms with Gasteiger partial charge in [0.25, 0.3) is 0 Å². The Hall–Kier alpha value is -2.00. The second kappa shape index (κ2) is 9.65. The number of halogens is 4. The highest BCUT2D eigenvalue weighted by atomic mass is 35.5.